The third-order valence-electron chi connectivity index (χ3n) is 5.31. The molecule has 154 valence electrons. The Kier molecular flexibility index (Phi) is 6.18. The second-order valence-corrected chi connectivity index (χ2v) is 7.37. The molecule has 1 unspecified atom stereocenters. The van der Waals surface area contributed by atoms with Gasteiger partial charge in [0.15, 0.2) is 0 Å². The molecule has 1 amide bonds. The van der Waals surface area contributed by atoms with Gasteiger partial charge in [-0.1, -0.05) is 54.6 Å². The first-order valence-corrected chi connectivity index (χ1v) is 10.1. The van der Waals surface area contributed by atoms with Crippen LogP contribution in [0.3, 0.4) is 0 Å². The molecule has 1 aliphatic rings. The Morgan fingerprint density at radius 2 is 1.73 bits per heavy atom. The SMILES string of the molecule is COc1ccc(CNC(=O)CC2COc3ccccc3N2Cc2ccccc2)cc1. The van der Waals surface area contributed by atoms with Gasteiger partial charge in [-0.3, -0.25) is 4.79 Å². The zero-order valence-electron chi connectivity index (χ0n) is 17.1. The summed E-state index contributed by atoms with van der Waals surface area (Å²) in [5, 5.41) is 3.03. The molecule has 0 radical (unpaired) electrons. The molecule has 4 rings (SSSR count). The van der Waals surface area contributed by atoms with Crippen LogP contribution in [0.2, 0.25) is 0 Å². The summed E-state index contributed by atoms with van der Waals surface area (Å²) in [6.07, 6.45) is 0.372. The number of hydrogen-bond donors (Lipinski definition) is 1. The van der Waals surface area contributed by atoms with Crippen LogP contribution in [-0.4, -0.2) is 25.7 Å². The van der Waals surface area contributed by atoms with Crippen molar-refractivity contribution < 1.29 is 14.3 Å². The molecule has 0 saturated heterocycles. The molecular weight excluding hydrogens is 376 g/mol. The maximum Gasteiger partial charge on any atom is 0.222 e. The first kappa shape index (κ1) is 19.8. The number of nitrogens with zero attached hydrogens (tertiary/aromatic N) is 1. The van der Waals surface area contributed by atoms with E-state index < -0.39 is 0 Å². The van der Waals surface area contributed by atoms with E-state index in [4.69, 9.17) is 9.47 Å². The highest BCUT2D eigenvalue weighted by Gasteiger charge is 2.29. The van der Waals surface area contributed by atoms with Crippen molar-refractivity contribution in [2.75, 3.05) is 18.6 Å². The van der Waals surface area contributed by atoms with Gasteiger partial charge in [0.2, 0.25) is 5.91 Å². The standard InChI is InChI=1S/C25H26N2O3/c1-29-22-13-11-19(12-14-22)16-26-25(28)15-21-18-30-24-10-6-5-9-23(24)27(21)17-20-7-3-2-4-8-20/h2-14,21H,15-18H2,1H3,(H,26,28). The van der Waals surface area contributed by atoms with Gasteiger partial charge >= 0.3 is 0 Å². The summed E-state index contributed by atoms with van der Waals surface area (Å²) in [4.78, 5) is 15.0. The summed E-state index contributed by atoms with van der Waals surface area (Å²) < 4.78 is 11.1. The van der Waals surface area contributed by atoms with Gasteiger partial charge in [0.1, 0.15) is 18.1 Å². The lowest BCUT2D eigenvalue weighted by Gasteiger charge is -2.38. The smallest absolute Gasteiger partial charge is 0.222 e. The van der Waals surface area contributed by atoms with Crippen LogP contribution in [0.4, 0.5) is 5.69 Å². The zero-order valence-corrected chi connectivity index (χ0v) is 17.1. The number of nitrogens with one attached hydrogen (secondary N) is 1. The van der Waals surface area contributed by atoms with E-state index in [2.05, 4.69) is 28.4 Å². The third-order valence-corrected chi connectivity index (χ3v) is 5.31. The summed E-state index contributed by atoms with van der Waals surface area (Å²) >= 11 is 0. The van der Waals surface area contributed by atoms with Crippen molar-refractivity contribution >= 4 is 11.6 Å². The van der Waals surface area contributed by atoms with E-state index in [-0.39, 0.29) is 11.9 Å². The molecule has 1 aliphatic heterocycles. The fraction of sp³-hybridized carbons (Fsp3) is 0.240. The molecule has 0 bridgehead atoms. The second-order valence-electron chi connectivity index (χ2n) is 7.37. The first-order chi connectivity index (χ1) is 14.7. The monoisotopic (exact) mass is 402 g/mol. The Balaban J connectivity index is 1.43. The van der Waals surface area contributed by atoms with Gasteiger partial charge in [-0.2, -0.15) is 0 Å². The predicted molar refractivity (Wildman–Crippen MR) is 118 cm³/mol. The number of carbonyl (C=O) groups excluding carboxylic acids is 1. The largest absolute Gasteiger partial charge is 0.497 e. The van der Waals surface area contributed by atoms with E-state index in [1.807, 2.05) is 60.7 Å². The number of ether oxygens (including phenoxy) is 2. The quantitative estimate of drug-likeness (QED) is 0.645. The molecule has 0 aliphatic carbocycles. The lowest BCUT2D eigenvalue weighted by Crippen LogP contribution is -2.45. The molecular formula is C25H26N2O3. The molecule has 0 spiro atoms. The van der Waals surface area contributed by atoms with Crippen LogP contribution >= 0.6 is 0 Å². The number of rotatable bonds is 7. The van der Waals surface area contributed by atoms with Gasteiger partial charge in [-0.25, -0.2) is 0 Å². The van der Waals surface area contributed by atoms with Gasteiger partial charge in [0.25, 0.3) is 0 Å². The number of anilines is 1. The highest BCUT2D eigenvalue weighted by atomic mass is 16.5. The zero-order chi connectivity index (χ0) is 20.8. The molecule has 3 aromatic carbocycles. The Bertz CT molecular complexity index is 973. The Morgan fingerprint density at radius 1 is 1.00 bits per heavy atom. The summed E-state index contributed by atoms with van der Waals surface area (Å²) in [5.41, 5.74) is 3.27. The van der Waals surface area contributed by atoms with E-state index >= 15 is 0 Å². The topological polar surface area (TPSA) is 50.8 Å². The van der Waals surface area contributed by atoms with Crippen molar-refractivity contribution in [1.82, 2.24) is 5.32 Å². The van der Waals surface area contributed by atoms with Gasteiger partial charge in [-0.15, -0.1) is 0 Å². The van der Waals surface area contributed by atoms with E-state index in [1.165, 1.54) is 5.56 Å². The van der Waals surface area contributed by atoms with Crippen molar-refractivity contribution in [1.29, 1.82) is 0 Å². The van der Waals surface area contributed by atoms with Gasteiger partial charge in [0.05, 0.1) is 25.3 Å². The van der Waals surface area contributed by atoms with Crippen LogP contribution in [0, 0.1) is 0 Å². The second kappa shape index (κ2) is 9.35. The minimum absolute atomic E-state index is 0.0110. The average molecular weight is 402 g/mol. The van der Waals surface area contributed by atoms with Crippen LogP contribution < -0.4 is 19.7 Å². The molecule has 0 aromatic heterocycles. The van der Waals surface area contributed by atoms with Crippen molar-refractivity contribution in [2.45, 2.75) is 25.6 Å². The van der Waals surface area contributed by atoms with Gasteiger partial charge < -0.3 is 19.7 Å². The van der Waals surface area contributed by atoms with Crippen molar-refractivity contribution in [2.24, 2.45) is 0 Å². The highest BCUT2D eigenvalue weighted by Crippen LogP contribution is 2.35. The Labute approximate surface area is 177 Å². The lowest BCUT2D eigenvalue weighted by molar-refractivity contribution is -0.121. The molecule has 30 heavy (non-hydrogen) atoms. The minimum Gasteiger partial charge on any atom is -0.497 e. The summed E-state index contributed by atoms with van der Waals surface area (Å²) in [6.45, 7) is 1.71. The normalized spacial score (nSPS) is 15.1. The predicted octanol–water partition coefficient (Wildman–Crippen LogP) is 4.17. The van der Waals surface area contributed by atoms with E-state index in [0.717, 1.165) is 29.3 Å². The molecule has 1 heterocycles. The highest BCUT2D eigenvalue weighted by molar-refractivity contribution is 5.77. The molecule has 5 heteroatoms. The number of benzene rings is 3. The number of amides is 1. The number of hydrogen-bond acceptors (Lipinski definition) is 4. The third kappa shape index (κ3) is 4.74. The molecule has 0 fully saturated rings. The number of methoxy groups -OCH3 is 1. The molecule has 5 nitrogen and oxygen atoms in total. The van der Waals surface area contributed by atoms with E-state index in [9.17, 15) is 4.79 Å². The number of para-hydroxylation sites is 2. The number of fused-ring (bicyclic) bond motifs is 1. The Hall–Kier alpha value is -3.47. The number of carbonyl (C=O) groups is 1. The summed E-state index contributed by atoms with van der Waals surface area (Å²) in [5.74, 6) is 1.68. The van der Waals surface area contributed by atoms with E-state index in [0.29, 0.717) is 19.6 Å². The molecule has 1 atom stereocenters. The maximum absolute atomic E-state index is 12.7. The summed E-state index contributed by atoms with van der Waals surface area (Å²) in [6, 6.07) is 26.0. The van der Waals surface area contributed by atoms with Crippen molar-refractivity contribution in [3.05, 3.63) is 90.0 Å². The van der Waals surface area contributed by atoms with Crippen LogP contribution in [0.1, 0.15) is 17.5 Å². The van der Waals surface area contributed by atoms with Crippen LogP contribution in [0.15, 0.2) is 78.9 Å². The van der Waals surface area contributed by atoms with Crippen molar-refractivity contribution in [3.63, 3.8) is 0 Å². The van der Waals surface area contributed by atoms with Crippen LogP contribution in [0.5, 0.6) is 11.5 Å². The lowest BCUT2D eigenvalue weighted by atomic mass is 10.1. The maximum atomic E-state index is 12.7. The average Bonchev–Trinajstić information content (AvgIpc) is 2.80. The molecule has 1 N–H and O–H groups in total. The Morgan fingerprint density at radius 3 is 2.50 bits per heavy atom. The fourth-order valence-corrected chi connectivity index (χ4v) is 3.68. The minimum atomic E-state index is -0.0315. The van der Waals surface area contributed by atoms with Crippen LogP contribution in [-0.2, 0) is 17.9 Å². The molecule has 3 aromatic rings. The summed E-state index contributed by atoms with van der Waals surface area (Å²) in [7, 11) is 1.64. The fourth-order valence-electron chi connectivity index (χ4n) is 3.68. The first-order valence-electron chi connectivity index (χ1n) is 10.1. The van der Waals surface area contributed by atoms with Crippen molar-refractivity contribution in [3.8, 4) is 11.5 Å². The van der Waals surface area contributed by atoms with Gasteiger partial charge in [0, 0.05) is 13.1 Å². The van der Waals surface area contributed by atoms with Gasteiger partial charge in [-0.05, 0) is 35.4 Å². The van der Waals surface area contributed by atoms with Crippen LogP contribution in [0.25, 0.3) is 0 Å². The van der Waals surface area contributed by atoms with E-state index in [1.54, 1.807) is 7.11 Å². The molecule has 0 saturated carbocycles.